The molecule has 1 aromatic carbocycles. The van der Waals surface area contributed by atoms with E-state index in [2.05, 4.69) is 25.9 Å². The van der Waals surface area contributed by atoms with Crippen molar-refractivity contribution >= 4 is 23.2 Å². The van der Waals surface area contributed by atoms with Crippen LogP contribution in [0.1, 0.15) is 24.1 Å². The van der Waals surface area contributed by atoms with Gasteiger partial charge < -0.3 is 25.1 Å². The highest BCUT2D eigenvalue weighted by Gasteiger charge is 2.40. The van der Waals surface area contributed by atoms with Gasteiger partial charge >= 0.3 is 0 Å². The van der Waals surface area contributed by atoms with Crippen molar-refractivity contribution in [2.75, 3.05) is 49.7 Å². The maximum Gasteiger partial charge on any atom is 0.210 e. The van der Waals surface area contributed by atoms with Crippen LogP contribution in [0, 0.1) is 12.7 Å². The van der Waals surface area contributed by atoms with Crippen molar-refractivity contribution in [2.24, 2.45) is 15.7 Å². The number of aryl methyl sites for hydroxylation is 1. The number of aliphatic imine (C=N–C) groups is 2. The fourth-order valence-corrected chi connectivity index (χ4v) is 5.15. The second-order valence-electron chi connectivity index (χ2n) is 9.80. The van der Waals surface area contributed by atoms with Gasteiger partial charge in [-0.25, -0.2) is 14.4 Å². The number of nitrogens with one attached hydrogen (secondary N) is 3. The molecule has 196 valence electrons. The molecule has 4 aliphatic rings. The van der Waals surface area contributed by atoms with Crippen molar-refractivity contribution < 1.29 is 13.9 Å². The van der Waals surface area contributed by atoms with Crippen LogP contribution in [-0.4, -0.2) is 78.2 Å². The summed E-state index contributed by atoms with van der Waals surface area (Å²) in [6.45, 7) is 5.78. The van der Waals surface area contributed by atoms with Gasteiger partial charge in [0, 0.05) is 50.7 Å². The first-order valence-corrected chi connectivity index (χ1v) is 12.7. The van der Waals surface area contributed by atoms with Gasteiger partial charge in [-0.2, -0.15) is 5.10 Å². The zero-order valence-corrected chi connectivity index (χ0v) is 20.8. The number of amidine groups is 2. The van der Waals surface area contributed by atoms with E-state index in [1.165, 1.54) is 6.07 Å². The molecule has 4 aliphatic heterocycles. The molecule has 0 radical (unpaired) electrons. The highest BCUT2D eigenvalue weighted by atomic mass is 19.1. The molecule has 37 heavy (non-hydrogen) atoms. The highest BCUT2D eigenvalue weighted by Crippen LogP contribution is 2.30. The monoisotopic (exact) mass is 509 g/mol. The smallest absolute Gasteiger partial charge is 0.210 e. The molecule has 5 heterocycles. The van der Waals surface area contributed by atoms with E-state index >= 15 is 0 Å². The van der Waals surface area contributed by atoms with Gasteiger partial charge in [-0.15, -0.1) is 0 Å². The summed E-state index contributed by atoms with van der Waals surface area (Å²) in [5.74, 6) is 0.394. The molecule has 0 saturated carbocycles. The summed E-state index contributed by atoms with van der Waals surface area (Å²) < 4.78 is 25.7. The molecule has 2 fully saturated rings. The lowest BCUT2D eigenvalue weighted by atomic mass is 10.0. The van der Waals surface area contributed by atoms with Crippen LogP contribution < -0.4 is 21.4 Å². The summed E-state index contributed by atoms with van der Waals surface area (Å²) >= 11 is 0. The quantitative estimate of drug-likeness (QED) is 0.479. The lowest BCUT2D eigenvalue weighted by molar-refractivity contribution is 0.0486. The molecule has 6 rings (SSSR count). The zero-order chi connectivity index (χ0) is 25.4. The van der Waals surface area contributed by atoms with E-state index in [1.54, 1.807) is 6.07 Å². The molecular weight excluding hydrogens is 477 g/mol. The number of aromatic amines is 1. The lowest BCUT2D eigenvalue weighted by Crippen LogP contribution is -2.52. The van der Waals surface area contributed by atoms with Gasteiger partial charge in [0.15, 0.2) is 11.7 Å². The third-order valence-electron chi connectivity index (χ3n) is 7.01. The predicted molar refractivity (Wildman–Crippen MR) is 139 cm³/mol. The van der Waals surface area contributed by atoms with E-state index in [-0.39, 0.29) is 11.9 Å². The van der Waals surface area contributed by atoms with E-state index in [4.69, 9.17) is 25.2 Å². The first-order valence-electron chi connectivity index (χ1n) is 12.7. The van der Waals surface area contributed by atoms with Crippen molar-refractivity contribution in [3.05, 3.63) is 53.1 Å². The maximum absolute atomic E-state index is 14.7. The SMILES string of the molecule is Cc1cc(NC2=NC(N)(Cc3ccc(F)c(N4CCOCC4)c3)N=C3C2=CNN3C2CCOCC2)n[nH]1. The summed E-state index contributed by atoms with van der Waals surface area (Å²) in [7, 11) is 0. The van der Waals surface area contributed by atoms with Gasteiger partial charge in [-0.3, -0.25) is 15.8 Å². The number of fused-ring (bicyclic) bond motifs is 1. The topological polar surface area (TPSA) is 128 Å². The van der Waals surface area contributed by atoms with Crippen molar-refractivity contribution in [3.63, 3.8) is 0 Å². The van der Waals surface area contributed by atoms with Gasteiger partial charge in [-0.05, 0) is 37.5 Å². The van der Waals surface area contributed by atoms with Crippen LogP contribution in [0.5, 0.6) is 0 Å². The van der Waals surface area contributed by atoms with Crippen LogP contribution in [0.3, 0.4) is 0 Å². The minimum Gasteiger partial charge on any atom is -0.381 e. The number of hydrogen-bond acceptors (Lipinski definition) is 10. The maximum atomic E-state index is 14.7. The Bertz CT molecular complexity index is 1250. The summed E-state index contributed by atoms with van der Waals surface area (Å²) in [6, 6.07) is 7.22. The Morgan fingerprint density at radius 1 is 1.14 bits per heavy atom. The summed E-state index contributed by atoms with van der Waals surface area (Å²) in [5, 5.41) is 12.6. The van der Waals surface area contributed by atoms with E-state index in [0.29, 0.717) is 63.3 Å². The predicted octanol–water partition coefficient (Wildman–Crippen LogP) is 1.65. The molecule has 0 spiro atoms. The number of rotatable bonds is 5. The average molecular weight is 510 g/mol. The molecule has 0 amide bonds. The first-order chi connectivity index (χ1) is 18.0. The second kappa shape index (κ2) is 9.77. The van der Waals surface area contributed by atoms with Crippen molar-refractivity contribution in [1.29, 1.82) is 0 Å². The number of anilines is 2. The van der Waals surface area contributed by atoms with E-state index < -0.39 is 5.79 Å². The molecule has 1 aromatic heterocycles. The summed E-state index contributed by atoms with van der Waals surface area (Å²) in [5.41, 5.74) is 13.4. The van der Waals surface area contributed by atoms with E-state index in [9.17, 15) is 4.39 Å². The van der Waals surface area contributed by atoms with Crippen LogP contribution in [0.15, 0.2) is 46.0 Å². The van der Waals surface area contributed by atoms with Crippen LogP contribution in [0.25, 0.3) is 0 Å². The number of hydrazine groups is 1. The summed E-state index contributed by atoms with van der Waals surface area (Å²) in [4.78, 5) is 11.8. The molecule has 0 aliphatic carbocycles. The second-order valence-corrected chi connectivity index (χ2v) is 9.80. The molecule has 11 nitrogen and oxygen atoms in total. The van der Waals surface area contributed by atoms with Crippen LogP contribution in [-0.2, 0) is 15.9 Å². The number of hydrogen-bond donors (Lipinski definition) is 4. The van der Waals surface area contributed by atoms with Crippen LogP contribution >= 0.6 is 0 Å². The molecule has 2 aromatic rings. The van der Waals surface area contributed by atoms with Crippen LogP contribution in [0.2, 0.25) is 0 Å². The number of aromatic nitrogens is 2. The van der Waals surface area contributed by atoms with Gasteiger partial charge in [0.1, 0.15) is 11.7 Å². The molecule has 5 N–H and O–H groups in total. The fraction of sp³-hybridized carbons (Fsp3) is 0.480. The minimum atomic E-state index is -1.30. The third kappa shape index (κ3) is 4.91. The van der Waals surface area contributed by atoms with Gasteiger partial charge in [-0.1, -0.05) is 6.07 Å². The van der Waals surface area contributed by atoms with Gasteiger partial charge in [0.2, 0.25) is 5.79 Å². The van der Waals surface area contributed by atoms with Gasteiger partial charge in [0.25, 0.3) is 0 Å². The summed E-state index contributed by atoms with van der Waals surface area (Å²) in [6.07, 6.45) is 3.95. The number of ether oxygens (including phenoxy) is 2. The molecule has 12 heteroatoms. The van der Waals surface area contributed by atoms with Crippen LogP contribution in [0.4, 0.5) is 15.9 Å². The van der Waals surface area contributed by atoms with Crippen molar-refractivity contribution in [1.82, 2.24) is 20.6 Å². The number of nitrogens with zero attached hydrogens (tertiary/aromatic N) is 5. The average Bonchev–Trinajstić information content (AvgIpc) is 3.51. The standard InChI is InChI=1S/C25H32FN9O2/c1-16-12-22(33-32-16)29-23-19-15-28-35(18-4-8-36-9-5-18)24(19)31-25(27,30-23)14-17-2-3-20(26)21(13-17)34-6-10-37-11-7-34/h2-3,12-13,15,18,28H,4-11,14,27H2,1H3,(H2,29,30,32,33). The Kier molecular flexibility index (Phi) is 6.31. The molecule has 2 saturated heterocycles. The Morgan fingerprint density at radius 3 is 2.68 bits per heavy atom. The van der Waals surface area contributed by atoms with Gasteiger partial charge in [0.05, 0.1) is 30.5 Å². The highest BCUT2D eigenvalue weighted by molar-refractivity contribution is 6.28. The molecular formula is C25H32FN9O2. The lowest BCUT2D eigenvalue weighted by Gasteiger charge is -2.36. The first kappa shape index (κ1) is 23.9. The zero-order valence-electron chi connectivity index (χ0n) is 20.8. The molecule has 1 atom stereocenters. The number of halogens is 1. The fourth-order valence-electron chi connectivity index (χ4n) is 5.15. The Morgan fingerprint density at radius 2 is 1.92 bits per heavy atom. The number of nitrogens with two attached hydrogens (primary N) is 1. The molecule has 1 unspecified atom stereocenters. The van der Waals surface area contributed by atoms with E-state index in [0.717, 1.165) is 35.5 Å². The third-order valence-corrected chi connectivity index (χ3v) is 7.01. The Labute approximate surface area is 214 Å². The Hall–Kier alpha value is -3.48. The number of H-pyrrole nitrogens is 1. The largest absolute Gasteiger partial charge is 0.381 e. The number of benzene rings is 1. The van der Waals surface area contributed by atoms with E-state index in [1.807, 2.05) is 30.2 Å². The minimum absolute atomic E-state index is 0.219. The molecule has 0 bridgehead atoms. The van der Waals surface area contributed by atoms with Crippen molar-refractivity contribution in [2.45, 2.75) is 38.0 Å². The van der Waals surface area contributed by atoms with Crippen molar-refractivity contribution in [3.8, 4) is 0 Å². The Balaban J connectivity index is 1.33. The number of morpholine rings is 1. The normalized spacial score (nSPS) is 24.2.